The summed E-state index contributed by atoms with van der Waals surface area (Å²) in [6, 6.07) is 4.89. The number of piperidine rings is 1. The van der Waals surface area contributed by atoms with Gasteiger partial charge in [0.25, 0.3) is 0 Å². The zero-order valence-electron chi connectivity index (χ0n) is 12.0. The number of rotatable bonds is 1. The van der Waals surface area contributed by atoms with Crippen molar-refractivity contribution in [2.45, 2.75) is 39.2 Å². The summed E-state index contributed by atoms with van der Waals surface area (Å²) >= 11 is 0. The van der Waals surface area contributed by atoms with Crippen LogP contribution >= 0.6 is 0 Å². The van der Waals surface area contributed by atoms with Gasteiger partial charge in [0.15, 0.2) is 0 Å². The second-order valence-electron chi connectivity index (χ2n) is 6.24. The molecule has 1 fully saturated rings. The van der Waals surface area contributed by atoms with Crippen LogP contribution in [0.2, 0.25) is 0 Å². The predicted molar refractivity (Wildman–Crippen MR) is 79.3 cm³/mol. The fraction of sp³-hybridized carbons (Fsp3) is 0.500. The van der Waals surface area contributed by atoms with Gasteiger partial charge in [-0.25, -0.2) is 4.39 Å². The van der Waals surface area contributed by atoms with Crippen LogP contribution in [0.3, 0.4) is 0 Å². The van der Waals surface area contributed by atoms with Crippen LogP contribution in [0, 0.1) is 5.82 Å². The monoisotopic (exact) mass is 262 g/mol. The zero-order valence-corrected chi connectivity index (χ0v) is 12.0. The van der Waals surface area contributed by atoms with Crippen molar-refractivity contribution < 1.29 is 4.39 Å². The van der Waals surface area contributed by atoms with E-state index in [1.807, 2.05) is 6.08 Å². The molecule has 0 amide bonds. The van der Waals surface area contributed by atoms with Crippen LogP contribution < -0.4 is 5.73 Å². The smallest absolute Gasteiger partial charge is 0.132 e. The summed E-state index contributed by atoms with van der Waals surface area (Å²) in [6.45, 7) is 8.81. The minimum atomic E-state index is -0.231. The third kappa shape index (κ3) is 3.57. The molecule has 0 unspecified atom stereocenters. The van der Waals surface area contributed by atoms with Crippen LogP contribution in [0.1, 0.15) is 39.2 Å². The maximum atomic E-state index is 13.7. The van der Waals surface area contributed by atoms with E-state index in [0.29, 0.717) is 11.3 Å². The quantitative estimate of drug-likeness (QED) is 0.782. The van der Waals surface area contributed by atoms with Crippen molar-refractivity contribution in [3.05, 3.63) is 35.2 Å². The Labute approximate surface area is 115 Å². The number of likely N-dealkylation sites (tertiary alicyclic amines) is 1. The normalized spacial score (nSPS) is 17.6. The molecule has 2 nitrogen and oxygen atoms in total. The number of nitrogen functional groups attached to an aromatic ring is 1. The van der Waals surface area contributed by atoms with Crippen LogP contribution in [-0.4, -0.2) is 23.5 Å². The van der Waals surface area contributed by atoms with Gasteiger partial charge < -0.3 is 5.73 Å². The Kier molecular flexibility index (Phi) is 3.95. The number of hydrogen-bond donors (Lipinski definition) is 1. The highest BCUT2D eigenvalue weighted by molar-refractivity contribution is 5.57. The predicted octanol–water partition coefficient (Wildman–Crippen LogP) is 3.69. The molecule has 19 heavy (non-hydrogen) atoms. The first-order valence-corrected chi connectivity index (χ1v) is 6.86. The van der Waals surface area contributed by atoms with Crippen LogP contribution in [0.25, 0.3) is 6.08 Å². The van der Waals surface area contributed by atoms with E-state index in [1.165, 1.54) is 11.6 Å². The summed E-state index contributed by atoms with van der Waals surface area (Å²) in [5.41, 5.74) is 8.22. The molecular weight excluding hydrogens is 239 g/mol. The van der Waals surface area contributed by atoms with Crippen molar-refractivity contribution in [2.75, 3.05) is 18.8 Å². The molecule has 0 aromatic heterocycles. The van der Waals surface area contributed by atoms with Crippen molar-refractivity contribution in [1.82, 2.24) is 4.90 Å². The molecule has 1 heterocycles. The van der Waals surface area contributed by atoms with E-state index in [0.717, 1.165) is 25.9 Å². The minimum absolute atomic E-state index is 0.220. The number of benzene rings is 1. The van der Waals surface area contributed by atoms with E-state index in [-0.39, 0.29) is 11.4 Å². The van der Waals surface area contributed by atoms with Crippen LogP contribution in [0.4, 0.5) is 10.1 Å². The van der Waals surface area contributed by atoms with Crippen molar-refractivity contribution in [2.24, 2.45) is 0 Å². The Morgan fingerprint density at radius 1 is 1.21 bits per heavy atom. The van der Waals surface area contributed by atoms with Crippen molar-refractivity contribution >= 4 is 11.8 Å². The number of halogens is 1. The van der Waals surface area contributed by atoms with Gasteiger partial charge in [-0.1, -0.05) is 17.7 Å². The molecule has 0 radical (unpaired) electrons. The van der Waals surface area contributed by atoms with Gasteiger partial charge in [0, 0.05) is 29.9 Å². The average Bonchev–Trinajstić information content (AvgIpc) is 2.32. The van der Waals surface area contributed by atoms with E-state index < -0.39 is 0 Å². The molecule has 0 bridgehead atoms. The molecule has 1 saturated heterocycles. The molecule has 1 aromatic rings. The molecule has 1 aliphatic heterocycles. The van der Waals surface area contributed by atoms with E-state index in [2.05, 4.69) is 25.7 Å². The lowest BCUT2D eigenvalue weighted by Gasteiger charge is -2.39. The standard InChI is InChI=1S/C16H23FN2/c1-16(2,3)19-8-6-12(7-9-19)10-13-4-5-14(18)11-15(13)17/h4-5,10-11H,6-9,18H2,1-3H3. The second kappa shape index (κ2) is 5.33. The van der Waals surface area contributed by atoms with Gasteiger partial charge in [-0.3, -0.25) is 4.90 Å². The lowest BCUT2D eigenvalue weighted by molar-refractivity contribution is 0.126. The molecule has 104 valence electrons. The maximum absolute atomic E-state index is 13.7. The largest absolute Gasteiger partial charge is 0.399 e. The SMILES string of the molecule is CC(C)(C)N1CCC(=Cc2ccc(N)cc2F)CC1. The Balaban J connectivity index is 2.07. The lowest BCUT2D eigenvalue weighted by Crippen LogP contribution is -2.44. The number of nitrogens with two attached hydrogens (primary N) is 1. The minimum Gasteiger partial charge on any atom is -0.399 e. The maximum Gasteiger partial charge on any atom is 0.132 e. The third-order valence-corrected chi connectivity index (χ3v) is 3.74. The molecule has 0 saturated carbocycles. The molecule has 0 spiro atoms. The van der Waals surface area contributed by atoms with E-state index in [9.17, 15) is 4.39 Å². The summed E-state index contributed by atoms with van der Waals surface area (Å²) in [6.07, 6.45) is 4.01. The summed E-state index contributed by atoms with van der Waals surface area (Å²) in [5, 5.41) is 0. The first kappa shape index (κ1) is 14.1. The van der Waals surface area contributed by atoms with Gasteiger partial charge in [-0.15, -0.1) is 0 Å². The molecule has 2 N–H and O–H groups in total. The number of nitrogens with zero attached hydrogens (tertiary/aromatic N) is 1. The number of hydrogen-bond acceptors (Lipinski definition) is 2. The van der Waals surface area contributed by atoms with E-state index in [4.69, 9.17) is 5.73 Å². The summed E-state index contributed by atoms with van der Waals surface area (Å²) in [4.78, 5) is 2.48. The highest BCUT2D eigenvalue weighted by Gasteiger charge is 2.24. The summed E-state index contributed by atoms with van der Waals surface area (Å²) in [5.74, 6) is -0.231. The van der Waals surface area contributed by atoms with Crippen molar-refractivity contribution in [3.8, 4) is 0 Å². The molecule has 0 aliphatic carbocycles. The topological polar surface area (TPSA) is 29.3 Å². The molecule has 3 heteroatoms. The van der Waals surface area contributed by atoms with Crippen molar-refractivity contribution in [1.29, 1.82) is 0 Å². The highest BCUT2D eigenvalue weighted by Crippen LogP contribution is 2.25. The summed E-state index contributed by atoms with van der Waals surface area (Å²) in [7, 11) is 0. The Morgan fingerprint density at radius 2 is 1.84 bits per heavy atom. The first-order chi connectivity index (χ1) is 8.86. The highest BCUT2D eigenvalue weighted by atomic mass is 19.1. The molecule has 0 atom stereocenters. The third-order valence-electron chi connectivity index (χ3n) is 3.74. The average molecular weight is 262 g/mol. The second-order valence-corrected chi connectivity index (χ2v) is 6.24. The van der Waals surface area contributed by atoms with E-state index in [1.54, 1.807) is 12.1 Å². The lowest BCUT2D eigenvalue weighted by atomic mass is 9.96. The van der Waals surface area contributed by atoms with Crippen LogP contribution in [0.15, 0.2) is 23.8 Å². The molecule has 2 rings (SSSR count). The Morgan fingerprint density at radius 3 is 2.37 bits per heavy atom. The van der Waals surface area contributed by atoms with Gasteiger partial charge in [0.1, 0.15) is 5.82 Å². The molecular formula is C16H23FN2. The van der Waals surface area contributed by atoms with E-state index >= 15 is 0 Å². The fourth-order valence-electron chi connectivity index (χ4n) is 2.49. The molecule has 1 aliphatic rings. The van der Waals surface area contributed by atoms with Gasteiger partial charge in [-0.05, 0) is 45.7 Å². The van der Waals surface area contributed by atoms with Gasteiger partial charge in [0.05, 0.1) is 0 Å². The zero-order chi connectivity index (χ0) is 14.0. The Hall–Kier alpha value is -1.35. The Bertz CT molecular complexity index is 476. The number of anilines is 1. The fourth-order valence-corrected chi connectivity index (χ4v) is 2.49. The molecule has 1 aromatic carbocycles. The van der Waals surface area contributed by atoms with Gasteiger partial charge in [-0.2, -0.15) is 0 Å². The first-order valence-electron chi connectivity index (χ1n) is 6.86. The van der Waals surface area contributed by atoms with Gasteiger partial charge in [0.2, 0.25) is 0 Å². The van der Waals surface area contributed by atoms with Crippen molar-refractivity contribution in [3.63, 3.8) is 0 Å². The van der Waals surface area contributed by atoms with Gasteiger partial charge >= 0.3 is 0 Å². The van der Waals surface area contributed by atoms with Crippen LogP contribution in [0.5, 0.6) is 0 Å². The summed E-state index contributed by atoms with van der Waals surface area (Å²) < 4.78 is 13.7. The van der Waals surface area contributed by atoms with Crippen LogP contribution in [-0.2, 0) is 0 Å².